The number of phenolic OH excluding ortho intramolecular Hbond substituents is 1. The lowest BCUT2D eigenvalue weighted by molar-refractivity contribution is -0.126. The molecular formula is C23H20ClFN4O2. The van der Waals surface area contributed by atoms with E-state index < -0.39 is 5.82 Å². The summed E-state index contributed by atoms with van der Waals surface area (Å²) in [6, 6.07) is 7.74. The van der Waals surface area contributed by atoms with E-state index in [9.17, 15) is 14.3 Å². The molecule has 158 valence electrons. The molecule has 1 fully saturated rings. The molecule has 0 radical (unpaired) electrons. The highest BCUT2D eigenvalue weighted by atomic mass is 35.5. The fraction of sp³-hybridized carbons (Fsp3) is 0.217. The van der Waals surface area contributed by atoms with Crippen LogP contribution in [0.4, 0.5) is 15.8 Å². The summed E-state index contributed by atoms with van der Waals surface area (Å²) in [5.74, 6) is -0.796. The Labute approximate surface area is 183 Å². The van der Waals surface area contributed by atoms with Crippen molar-refractivity contribution in [3.8, 4) is 16.9 Å². The number of nitrogens with zero attached hydrogens (tertiary/aromatic N) is 3. The summed E-state index contributed by atoms with van der Waals surface area (Å²) in [6.45, 7) is 6.14. The number of carbonyl (C=O) groups excluding carboxylic acids is 1. The molecule has 1 aromatic heterocycles. The van der Waals surface area contributed by atoms with Gasteiger partial charge in [0.05, 0.1) is 34.7 Å². The van der Waals surface area contributed by atoms with Gasteiger partial charge in [0, 0.05) is 42.2 Å². The summed E-state index contributed by atoms with van der Waals surface area (Å²) >= 11 is 6.57. The van der Waals surface area contributed by atoms with Gasteiger partial charge in [-0.1, -0.05) is 24.2 Å². The molecule has 2 aliphatic heterocycles. The Bertz CT molecular complexity index is 1210. The summed E-state index contributed by atoms with van der Waals surface area (Å²) in [5.41, 5.74) is 2.95. The Morgan fingerprint density at radius 1 is 1.35 bits per heavy atom. The third-order valence-corrected chi connectivity index (χ3v) is 6.29. The third kappa shape index (κ3) is 3.16. The molecule has 1 saturated heterocycles. The van der Waals surface area contributed by atoms with E-state index >= 15 is 0 Å². The van der Waals surface area contributed by atoms with Gasteiger partial charge < -0.3 is 20.2 Å². The maximum atomic E-state index is 14.4. The van der Waals surface area contributed by atoms with E-state index in [0.29, 0.717) is 42.3 Å². The second-order valence-electron chi connectivity index (χ2n) is 7.72. The monoisotopic (exact) mass is 438 g/mol. The van der Waals surface area contributed by atoms with Crippen LogP contribution in [-0.4, -0.2) is 53.1 Å². The topological polar surface area (TPSA) is 68.7 Å². The Morgan fingerprint density at radius 3 is 2.97 bits per heavy atom. The molecule has 6 nitrogen and oxygen atoms in total. The number of benzene rings is 2. The minimum Gasteiger partial charge on any atom is -0.507 e. The van der Waals surface area contributed by atoms with Crippen molar-refractivity contribution in [2.75, 3.05) is 36.4 Å². The highest BCUT2D eigenvalue weighted by Crippen LogP contribution is 2.43. The van der Waals surface area contributed by atoms with Crippen LogP contribution in [0.2, 0.25) is 5.02 Å². The molecule has 5 rings (SSSR count). The molecule has 0 spiro atoms. The molecule has 0 saturated carbocycles. The number of amides is 1. The average molecular weight is 439 g/mol. The van der Waals surface area contributed by atoms with E-state index in [-0.39, 0.29) is 23.3 Å². The van der Waals surface area contributed by atoms with Crippen LogP contribution >= 0.6 is 11.6 Å². The van der Waals surface area contributed by atoms with Crippen LogP contribution in [0, 0.1) is 5.82 Å². The number of fused-ring (bicyclic) bond motifs is 5. The third-order valence-electron chi connectivity index (χ3n) is 5.97. The number of hydrogen-bond donors (Lipinski definition) is 2. The van der Waals surface area contributed by atoms with Crippen LogP contribution in [0.1, 0.15) is 0 Å². The van der Waals surface area contributed by atoms with E-state index in [1.165, 1.54) is 24.3 Å². The summed E-state index contributed by atoms with van der Waals surface area (Å²) in [4.78, 5) is 20.7. The minimum atomic E-state index is -0.552. The number of nitrogens with one attached hydrogen (secondary N) is 1. The number of aromatic nitrogens is 1. The van der Waals surface area contributed by atoms with Gasteiger partial charge in [0.15, 0.2) is 0 Å². The molecule has 2 aromatic carbocycles. The molecular weight excluding hydrogens is 419 g/mol. The van der Waals surface area contributed by atoms with Gasteiger partial charge >= 0.3 is 0 Å². The van der Waals surface area contributed by atoms with Crippen molar-refractivity contribution in [2.24, 2.45) is 0 Å². The van der Waals surface area contributed by atoms with Crippen molar-refractivity contribution in [2.45, 2.75) is 6.04 Å². The van der Waals surface area contributed by atoms with E-state index in [2.05, 4.69) is 21.8 Å². The Kier molecular flexibility index (Phi) is 4.70. The smallest absolute Gasteiger partial charge is 0.246 e. The maximum absolute atomic E-state index is 14.4. The van der Waals surface area contributed by atoms with Crippen molar-refractivity contribution < 1.29 is 14.3 Å². The molecule has 0 bridgehead atoms. The zero-order valence-corrected chi connectivity index (χ0v) is 17.4. The number of hydrogen-bond acceptors (Lipinski definition) is 5. The van der Waals surface area contributed by atoms with Crippen molar-refractivity contribution in [1.82, 2.24) is 9.88 Å². The first-order chi connectivity index (χ1) is 15.0. The maximum Gasteiger partial charge on any atom is 0.246 e. The molecule has 31 heavy (non-hydrogen) atoms. The summed E-state index contributed by atoms with van der Waals surface area (Å²) in [7, 11) is 0. The van der Waals surface area contributed by atoms with Gasteiger partial charge in [0.25, 0.3) is 0 Å². The SMILES string of the molecule is C=CC(=O)N1CCN2c3c(cnc4cc(-c5c(O)cccc5F)c(Cl)cc34)NCC2C1. The first kappa shape index (κ1) is 19.6. The van der Waals surface area contributed by atoms with Crippen LogP contribution in [-0.2, 0) is 4.79 Å². The molecule has 1 atom stereocenters. The molecule has 2 aliphatic rings. The number of anilines is 2. The Balaban J connectivity index is 1.61. The number of pyridine rings is 1. The molecule has 1 amide bonds. The lowest BCUT2D eigenvalue weighted by Gasteiger charge is -2.46. The standard InChI is InChI=1S/C23H20ClFN4O2/c1-2-21(31)28-6-7-29-13(12-28)10-26-19-11-27-18-9-14(16(24)8-15(18)23(19)29)22-17(25)4-3-5-20(22)30/h2-5,8-9,11,13,26,30H,1,6-7,10,12H2. The fourth-order valence-corrected chi connectivity index (χ4v) is 4.75. The lowest BCUT2D eigenvalue weighted by atomic mass is 9.99. The average Bonchev–Trinajstić information content (AvgIpc) is 2.78. The van der Waals surface area contributed by atoms with E-state index in [0.717, 1.165) is 16.8 Å². The van der Waals surface area contributed by atoms with Crippen molar-refractivity contribution >= 4 is 39.8 Å². The summed E-state index contributed by atoms with van der Waals surface area (Å²) in [5, 5.41) is 14.8. The number of phenols is 1. The first-order valence-corrected chi connectivity index (χ1v) is 10.4. The van der Waals surface area contributed by atoms with E-state index in [4.69, 9.17) is 11.6 Å². The van der Waals surface area contributed by atoms with Crippen molar-refractivity contribution in [3.05, 3.63) is 60.0 Å². The number of aromatic hydroxyl groups is 1. The molecule has 8 heteroatoms. The number of halogens is 2. The van der Waals surface area contributed by atoms with Crippen LogP contribution in [0.3, 0.4) is 0 Å². The van der Waals surface area contributed by atoms with Crippen LogP contribution < -0.4 is 10.2 Å². The van der Waals surface area contributed by atoms with E-state index in [1.54, 1.807) is 23.2 Å². The van der Waals surface area contributed by atoms with Crippen molar-refractivity contribution in [3.63, 3.8) is 0 Å². The summed E-state index contributed by atoms with van der Waals surface area (Å²) in [6.07, 6.45) is 3.10. The van der Waals surface area contributed by atoms with Crippen molar-refractivity contribution in [1.29, 1.82) is 0 Å². The van der Waals surface area contributed by atoms with Gasteiger partial charge in [-0.05, 0) is 30.3 Å². The highest BCUT2D eigenvalue weighted by molar-refractivity contribution is 6.34. The zero-order valence-electron chi connectivity index (χ0n) is 16.6. The summed E-state index contributed by atoms with van der Waals surface area (Å²) < 4.78 is 14.4. The molecule has 2 N–H and O–H groups in total. The van der Waals surface area contributed by atoms with E-state index in [1.807, 2.05) is 0 Å². The predicted octanol–water partition coefficient (Wildman–Crippen LogP) is 4.03. The quantitative estimate of drug-likeness (QED) is 0.591. The lowest BCUT2D eigenvalue weighted by Crippen LogP contribution is -2.58. The number of rotatable bonds is 2. The second kappa shape index (κ2) is 7.42. The fourth-order valence-electron chi connectivity index (χ4n) is 4.49. The van der Waals surface area contributed by atoms with Crippen LogP contribution in [0.15, 0.2) is 49.2 Å². The van der Waals surface area contributed by atoms with Crippen LogP contribution in [0.25, 0.3) is 22.0 Å². The normalized spacial score (nSPS) is 17.7. The largest absolute Gasteiger partial charge is 0.507 e. The zero-order chi connectivity index (χ0) is 21.7. The molecule has 1 unspecified atom stereocenters. The molecule has 0 aliphatic carbocycles. The van der Waals surface area contributed by atoms with Gasteiger partial charge in [0.2, 0.25) is 5.91 Å². The predicted molar refractivity (Wildman–Crippen MR) is 120 cm³/mol. The molecule has 3 aromatic rings. The number of piperazine rings is 1. The van der Waals surface area contributed by atoms with Gasteiger partial charge in [0.1, 0.15) is 11.6 Å². The molecule has 3 heterocycles. The van der Waals surface area contributed by atoms with Gasteiger partial charge in [-0.2, -0.15) is 0 Å². The number of carbonyl (C=O) groups is 1. The first-order valence-electron chi connectivity index (χ1n) is 10.00. The highest BCUT2D eigenvalue weighted by Gasteiger charge is 2.34. The second-order valence-corrected chi connectivity index (χ2v) is 8.13. The minimum absolute atomic E-state index is 0.0569. The Morgan fingerprint density at radius 2 is 2.19 bits per heavy atom. The van der Waals surface area contributed by atoms with Crippen LogP contribution in [0.5, 0.6) is 5.75 Å². The Hall–Kier alpha value is -3.32. The van der Waals surface area contributed by atoms with Gasteiger partial charge in [-0.25, -0.2) is 4.39 Å². The van der Waals surface area contributed by atoms with Gasteiger partial charge in [-0.15, -0.1) is 0 Å². The van der Waals surface area contributed by atoms with Gasteiger partial charge in [-0.3, -0.25) is 9.78 Å².